The van der Waals surface area contributed by atoms with Gasteiger partial charge >= 0.3 is 0 Å². The third kappa shape index (κ3) is 7.99. The summed E-state index contributed by atoms with van der Waals surface area (Å²) < 4.78 is 0. The summed E-state index contributed by atoms with van der Waals surface area (Å²) in [5, 5.41) is 0. The number of likely N-dealkylation sites (N-methyl/N-ethyl adjacent to an activating group) is 1. The monoisotopic (exact) mass is 149 g/mol. The van der Waals surface area contributed by atoms with Crippen LogP contribution in [0.2, 0.25) is 0 Å². The van der Waals surface area contributed by atoms with E-state index in [4.69, 9.17) is 0 Å². The summed E-state index contributed by atoms with van der Waals surface area (Å²) in [6.45, 7) is 6.41. The van der Waals surface area contributed by atoms with Gasteiger partial charge < -0.3 is 4.90 Å². The zero-order valence-electron chi connectivity index (χ0n) is 6.42. The van der Waals surface area contributed by atoms with E-state index in [2.05, 4.69) is 31.0 Å². The SMILES string of the molecule is C/C=C/CN(C)CC.Cl. The van der Waals surface area contributed by atoms with Gasteiger partial charge in [-0.3, -0.25) is 0 Å². The average Bonchev–Trinajstić information content (AvgIpc) is 1.83. The predicted molar refractivity (Wildman–Crippen MR) is 45.2 cm³/mol. The molecule has 0 aromatic carbocycles. The maximum absolute atomic E-state index is 2.25. The van der Waals surface area contributed by atoms with Gasteiger partial charge in [-0.1, -0.05) is 19.1 Å². The van der Waals surface area contributed by atoms with Gasteiger partial charge in [-0.05, 0) is 20.5 Å². The minimum Gasteiger partial charge on any atom is -0.303 e. The molecule has 0 rings (SSSR count). The van der Waals surface area contributed by atoms with Crippen molar-refractivity contribution in [3.8, 4) is 0 Å². The fourth-order valence-electron chi connectivity index (χ4n) is 0.414. The first-order chi connectivity index (χ1) is 3.81. The third-order valence-corrected chi connectivity index (χ3v) is 1.19. The Balaban J connectivity index is 0. The quantitative estimate of drug-likeness (QED) is 0.555. The van der Waals surface area contributed by atoms with E-state index in [0.717, 1.165) is 13.1 Å². The van der Waals surface area contributed by atoms with Crippen LogP contribution in [0.5, 0.6) is 0 Å². The van der Waals surface area contributed by atoms with Crippen molar-refractivity contribution >= 4 is 12.4 Å². The maximum atomic E-state index is 2.25. The fourth-order valence-corrected chi connectivity index (χ4v) is 0.414. The number of halogens is 1. The van der Waals surface area contributed by atoms with Crippen LogP contribution in [0.4, 0.5) is 0 Å². The molecular weight excluding hydrogens is 134 g/mol. The van der Waals surface area contributed by atoms with Crippen molar-refractivity contribution < 1.29 is 0 Å². The first kappa shape index (κ1) is 11.7. The lowest BCUT2D eigenvalue weighted by molar-refractivity contribution is 0.392. The predicted octanol–water partition coefficient (Wildman–Crippen LogP) is 1.94. The van der Waals surface area contributed by atoms with Crippen LogP contribution in [0, 0.1) is 0 Å². The van der Waals surface area contributed by atoms with Gasteiger partial charge in [0, 0.05) is 6.54 Å². The Hall–Kier alpha value is -0.0100. The lowest BCUT2D eigenvalue weighted by Gasteiger charge is -2.08. The van der Waals surface area contributed by atoms with Crippen molar-refractivity contribution in [2.24, 2.45) is 0 Å². The second kappa shape index (κ2) is 7.99. The number of hydrogen-bond acceptors (Lipinski definition) is 1. The lowest BCUT2D eigenvalue weighted by Crippen LogP contribution is -2.16. The van der Waals surface area contributed by atoms with Gasteiger partial charge in [-0.2, -0.15) is 0 Å². The molecule has 0 spiro atoms. The van der Waals surface area contributed by atoms with Gasteiger partial charge in [0.25, 0.3) is 0 Å². The fraction of sp³-hybridized carbons (Fsp3) is 0.714. The van der Waals surface area contributed by atoms with Crippen molar-refractivity contribution in [3.63, 3.8) is 0 Å². The van der Waals surface area contributed by atoms with Crippen LogP contribution < -0.4 is 0 Å². The number of nitrogens with zero attached hydrogens (tertiary/aromatic N) is 1. The minimum atomic E-state index is 0. The highest BCUT2D eigenvalue weighted by Crippen LogP contribution is 1.80. The Bertz CT molecular complexity index is 71.3. The molecule has 9 heavy (non-hydrogen) atoms. The first-order valence-electron chi connectivity index (χ1n) is 3.11. The highest BCUT2D eigenvalue weighted by molar-refractivity contribution is 5.85. The molecule has 0 amide bonds. The molecule has 0 fully saturated rings. The summed E-state index contributed by atoms with van der Waals surface area (Å²) in [5.41, 5.74) is 0. The second-order valence-corrected chi connectivity index (χ2v) is 1.92. The average molecular weight is 150 g/mol. The summed E-state index contributed by atoms with van der Waals surface area (Å²) in [5.74, 6) is 0. The van der Waals surface area contributed by atoms with Gasteiger partial charge in [-0.25, -0.2) is 0 Å². The van der Waals surface area contributed by atoms with Crippen LogP contribution in [0.1, 0.15) is 13.8 Å². The molecule has 56 valence electrons. The molecule has 0 aromatic rings. The van der Waals surface area contributed by atoms with Gasteiger partial charge in [0.15, 0.2) is 0 Å². The standard InChI is InChI=1S/C7H15N.ClH/c1-4-6-7-8(3)5-2;/h4,6H,5,7H2,1-3H3;1H/b6-4+;. The molecule has 0 aromatic heterocycles. The maximum Gasteiger partial charge on any atom is 0.0159 e. The van der Waals surface area contributed by atoms with E-state index in [1.54, 1.807) is 0 Å². The molecule has 0 unspecified atom stereocenters. The molecule has 0 atom stereocenters. The summed E-state index contributed by atoms with van der Waals surface area (Å²) in [6, 6.07) is 0. The van der Waals surface area contributed by atoms with Crippen LogP contribution in [-0.4, -0.2) is 25.0 Å². The van der Waals surface area contributed by atoms with E-state index in [-0.39, 0.29) is 12.4 Å². The van der Waals surface area contributed by atoms with Gasteiger partial charge in [0.1, 0.15) is 0 Å². The number of hydrogen-bond donors (Lipinski definition) is 0. The van der Waals surface area contributed by atoms with E-state index in [9.17, 15) is 0 Å². The molecule has 0 N–H and O–H groups in total. The van der Waals surface area contributed by atoms with Gasteiger partial charge in [0.05, 0.1) is 0 Å². The van der Waals surface area contributed by atoms with Crippen LogP contribution in [0.25, 0.3) is 0 Å². The van der Waals surface area contributed by atoms with E-state index in [1.165, 1.54) is 0 Å². The second-order valence-electron chi connectivity index (χ2n) is 1.92. The Morgan fingerprint density at radius 1 is 1.44 bits per heavy atom. The van der Waals surface area contributed by atoms with Gasteiger partial charge in [0.2, 0.25) is 0 Å². The molecule has 0 aliphatic carbocycles. The van der Waals surface area contributed by atoms with Crippen molar-refractivity contribution in [2.45, 2.75) is 13.8 Å². The summed E-state index contributed by atoms with van der Waals surface area (Å²) >= 11 is 0. The largest absolute Gasteiger partial charge is 0.303 e. The molecular formula is C7H16ClN. The molecule has 0 radical (unpaired) electrons. The van der Waals surface area contributed by atoms with Crippen molar-refractivity contribution in [2.75, 3.05) is 20.1 Å². The van der Waals surface area contributed by atoms with Crippen LogP contribution >= 0.6 is 12.4 Å². The highest BCUT2D eigenvalue weighted by atomic mass is 35.5. The Labute approximate surface area is 64.2 Å². The van der Waals surface area contributed by atoms with E-state index in [0.29, 0.717) is 0 Å². The molecule has 2 heteroatoms. The van der Waals surface area contributed by atoms with Crippen LogP contribution in [0.3, 0.4) is 0 Å². The highest BCUT2D eigenvalue weighted by Gasteiger charge is 1.84. The minimum absolute atomic E-state index is 0. The lowest BCUT2D eigenvalue weighted by atomic mass is 10.5. The van der Waals surface area contributed by atoms with Crippen LogP contribution in [-0.2, 0) is 0 Å². The summed E-state index contributed by atoms with van der Waals surface area (Å²) in [7, 11) is 2.11. The zero-order valence-corrected chi connectivity index (χ0v) is 7.24. The Morgan fingerprint density at radius 3 is 2.33 bits per heavy atom. The topological polar surface area (TPSA) is 3.24 Å². The van der Waals surface area contributed by atoms with Gasteiger partial charge in [-0.15, -0.1) is 12.4 Å². The van der Waals surface area contributed by atoms with E-state index in [1.807, 2.05) is 6.92 Å². The smallest absolute Gasteiger partial charge is 0.0159 e. The molecule has 0 aliphatic heterocycles. The molecule has 0 saturated carbocycles. The van der Waals surface area contributed by atoms with Crippen molar-refractivity contribution in [1.29, 1.82) is 0 Å². The Kier molecular flexibility index (Phi) is 10.4. The van der Waals surface area contributed by atoms with Crippen molar-refractivity contribution in [3.05, 3.63) is 12.2 Å². The zero-order chi connectivity index (χ0) is 6.41. The molecule has 0 aliphatic rings. The summed E-state index contributed by atoms with van der Waals surface area (Å²) in [4.78, 5) is 2.25. The molecule has 0 bridgehead atoms. The molecule has 0 saturated heterocycles. The molecule has 1 nitrogen and oxygen atoms in total. The van der Waals surface area contributed by atoms with E-state index < -0.39 is 0 Å². The Morgan fingerprint density at radius 2 is 2.00 bits per heavy atom. The third-order valence-electron chi connectivity index (χ3n) is 1.19. The number of rotatable bonds is 3. The van der Waals surface area contributed by atoms with Crippen molar-refractivity contribution in [1.82, 2.24) is 4.90 Å². The summed E-state index contributed by atoms with van der Waals surface area (Å²) in [6.07, 6.45) is 4.23. The molecule has 0 heterocycles. The van der Waals surface area contributed by atoms with Crippen LogP contribution in [0.15, 0.2) is 12.2 Å². The normalized spacial score (nSPS) is 10.2. The first-order valence-corrected chi connectivity index (χ1v) is 3.11. The van der Waals surface area contributed by atoms with E-state index >= 15 is 0 Å². The number of allylic oxidation sites excluding steroid dienone is 1.